The first-order valence-electron chi connectivity index (χ1n) is 7.40. The highest BCUT2D eigenvalue weighted by molar-refractivity contribution is 6.03. The predicted molar refractivity (Wildman–Crippen MR) is 93.3 cm³/mol. The number of pyridine rings is 1. The molecule has 1 aliphatic heterocycles. The normalized spacial score (nSPS) is 16.0. The number of benzene rings is 2. The molecule has 0 amide bonds. The number of allylic oxidation sites excluding steroid dienone is 3. The van der Waals surface area contributed by atoms with Crippen LogP contribution in [0.1, 0.15) is 5.56 Å². The minimum absolute atomic E-state index is 1.03. The van der Waals surface area contributed by atoms with Crippen LogP contribution in [0.4, 0.5) is 0 Å². The summed E-state index contributed by atoms with van der Waals surface area (Å²) in [4.78, 5) is 6.90. The van der Waals surface area contributed by atoms with Crippen molar-refractivity contribution in [2.24, 2.45) is 0 Å². The fourth-order valence-corrected chi connectivity index (χ4v) is 2.86. The van der Waals surface area contributed by atoms with E-state index in [2.05, 4.69) is 72.8 Å². The van der Waals surface area contributed by atoms with Gasteiger partial charge in [-0.25, -0.2) is 4.98 Å². The number of nitrogens with zero attached hydrogens (tertiary/aromatic N) is 2. The Balaban J connectivity index is 2.07. The number of aromatic nitrogens is 1. The summed E-state index contributed by atoms with van der Waals surface area (Å²) in [6, 6.07) is 16.6. The largest absolute Gasteiger partial charge is 0.351 e. The van der Waals surface area contributed by atoms with Gasteiger partial charge in [0.25, 0.3) is 0 Å². The Kier molecular flexibility index (Phi) is 3.01. The van der Waals surface area contributed by atoms with Gasteiger partial charge in [-0.2, -0.15) is 0 Å². The van der Waals surface area contributed by atoms with E-state index in [-0.39, 0.29) is 0 Å². The molecule has 1 aliphatic rings. The zero-order valence-electron chi connectivity index (χ0n) is 12.4. The van der Waals surface area contributed by atoms with Gasteiger partial charge in [-0.15, -0.1) is 0 Å². The molecule has 0 fully saturated rings. The number of rotatable bonds is 1. The van der Waals surface area contributed by atoms with E-state index in [1.807, 2.05) is 18.2 Å². The molecule has 0 aliphatic carbocycles. The molecule has 3 aromatic rings. The van der Waals surface area contributed by atoms with Crippen LogP contribution >= 0.6 is 0 Å². The molecule has 0 bridgehead atoms. The van der Waals surface area contributed by atoms with Crippen molar-refractivity contribution in [1.82, 2.24) is 9.88 Å². The maximum absolute atomic E-state index is 4.78. The lowest BCUT2D eigenvalue weighted by Gasteiger charge is -2.18. The van der Waals surface area contributed by atoms with E-state index in [4.69, 9.17) is 4.98 Å². The molecule has 2 heterocycles. The van der Waals surface area contributed by atoms with Crippen molar-refractivity contribution in [3.05, 3.63) is 84.2 Å². The number of hydrogen-bond donors (Lipinski definition) is 0. The third-order valence-electron chi connectivity index (χ3n) is 4.02. The first kappa shape index (κ1) is 12.8. The molecule has 0 radical (unpaired) electrons. The van der Waals surface area contributed by atoms with Crippen molar-refractivity contribution in [2.45, 2.75) is 0 Å². The zero-order chi connectivity index (χ0) is 14.9. The molecule has 4 rings (SSSR count). The van der Waals surface area contributed by atoms with Crippen LogP contribution in [0.2, 0.25) is 0 Å². The number of fused-ring (bicyclic) bond motifs is 2. The van der Waals surface area contributed by atoms with E-state index in [9.17, 15) is 0 Å². The van der Waals surface area contributed by atoms with Gasteiger partial charge in [0.2, 0.25) is 0 Å². The number of hydrogen-bond acceptors (Lipinski definition) is 2. The summed E-state index contributed by atoms with van der Waals surface area (Å²) in [6.07, 6.45) is 10.5. The third-order valence-corrected chi connectivity index (χ3v) is 4.02. The van der Waals surface area contributed by atoms with Gasteiger partial charge in [-0.3, -0.25) is 0 Å². The number of likely N-dealkylation sites (N-methyl/N-ethyl adjacent to an activating group) is 1. The first-order valence-corrected chi connectivity index (χ1v) is 7.40. The Morgan fingerprint density at radius 2 is 1.50 bits per heavy atom. The summed E-state index contributed by atoms with van der Waals surface area (Å²) in [6.45, 7) is 0. The summed E-state index contributed by atoms with van der Waals surface area (Å²) in [7, 11) is 2.07. The monoisotopic (exact) mass is 284 g/mol. The van der Waals surface area contributed by atoms with Crippen LogP contribution in [-0.2, 0) is 0 Å². The highest BCUT2D eigenvalue weighted by Gasteiger charge is 2.09. The van der Waals surface area contributed by atoms with Crippen molar-refractivity contribution in [1.29, 1.82) is 0 Å². The van der Waals surface area contributed by atoms with Gasteiger partial charge in [0.05, 0.1) is 11.0 Å². The zero-order valence-corrected chi connectivity index (χ0v) is 12.4. The minimum atomic E-state index is 1.03. The van der Waals surface area contributed by atoms with Gasteiger partial charge in [-0.05, 0) is 35.9 Å². The second-order valence-electron chi connectivity index (χ2n) is 5.44. The first-order chi connectivity index (χ1) is 10.8. The SMILES string of the molecule is CN1C=CC=CC1=Cc1c2ccccc2nc2ccccc12. The minimum Gasteiger partial charge on any atom is -0.351 e. The van der Waals surface area contributed by atoms with Crippen LogP contribution in [0.25, 0.3) is 27.9 Å². The topological polar surface area (TPSA) is 16.1 Å². The highest BCUT2D eigenvalue weighted by Crippen LogP contribution is 2.28. The smallest absolute Gasteiger partial charge is 0.0715 e. The van der Waals surface area contributed by atoms with Gasteiger partial charge in [-0.1, -0.05) is 42.5 Å². The van der Waals surface area contributed by atoms with Crippen molar-refractivity contribution in [3.8, 4) is 0 Å². The average Bonchev–Trinajstić information content (AvgIpc) is 2.56. The molecule has 0 N–H and O–H groups in total. The van der Waals surface area contributed by atoms with Crippen LogP contribution in [0.5, 0.6) is 0 Å². The lowest BCUT2D eigenvalue weighted by Crippen LogP contribution is -2.10. The van der Waals surface area contributed by atoms with Crippen LogP contribution in [0.15, 0.2) is 78.7 Å². The fraction of sp³-hybridized carbons (Fsp3) is 0.0500. The van der Waals surface area contributed by atoms with Gasteiger partial charge in [0, 0.05) is 29.7 Å². The summed E-state index contributed by atoms with van der Waals surface area (Å²) in [5.74, 6) is 0. The van der Waals surface area contributed by atoms with E-state index in [0.717, 1.165) is 11.0 Å². The maximum atomic E-state index is 4.78. The van der Waals surface area contributed by atoms with E-state index >= 15 is 0 Å². The van der Waals surface area contributed by atoms with Crippen molar-refractivity contribution < 1.29 is 0 Å². The average molecular weight is 284 g/mol. The molecule has 0 unspecified atom stereocenters. The molecule has 1 aromatic heterocycles. The van der Waals surface area contributed by atoms with Gasteiger partial charge < -0.3 is 4.90 Å². The lowest BCUT2D eigenvalue weighted by molar-refractivity contribution is 0.589. The van der Waals surface area contributed by atoms with Crippen LogP contribution in [0, 0.1) is 0 Å². The van der Waals surface area contributed by atoms with Crippen LogP contribution in [-0.4, -0.2) is 16.9 Å². The molecule has 0 saturated carbocycles. The van der Waals surface area contributed by atoms with E-state index in [1.165, 1.54) is 22.0 Å². The predicted octanol–water partition coefficient (Wildman–Crippen LogP) is 4.74. The quantitative estimate of drug-likeness (QED) is 0.600. The molecule has 0 spiro atoms. The Bertz CT molecular complexity index is 894. The van der Waals surface area contributed by atoms with E-state index < -0.39 is 0 Å². The molecule has 2 nitrogen and oxygen atoms in total. The van der Waals surface area contributed by atoms with Crippen molar-refractivity contribution in [3.63, 3.8) is 0 Å². The Hall–Kier alpha value is -2.87. The second-order valence-corrected chi connectivity index (χ2v) is 5.44. The summed E-state index contributed by atoms with van der Waals surface area (Å²) < 4.78 is 0. The van der Waals surface area contributed by atoms with Crippen molar-refractivity contribution in [2.75, 3.05) is 7.05 Å². The summed E-state index contributed by atoms with van der Waals surface area (Å²) in [5, 5.41) is 2.37. The summed E-state index contributed by atoms with van der Waals surface area (Å²) in [5.41, 5.74) is 4.46. The molecule has 0 atom stereocenters. The van der Waals surface area contributed by atoms with Crippen LogP contribution < -0.4 is 0 Å². The fourth-order valence-electron chi connectivity index (χ4n) is 2.86. The molecule has 22 heavy (non-hydrogen) atoms. The standard InChI is InChI=1S/C20H16N2/c1-22-13-7-6-8-15(22)14-18-16-9-2-4-11-19(16)21-20-12-5-3-10-17(18)20/h2-14H,1H3. The van der Waals surface area contributed by atoms with Crippen LogP contribution in [0.3, 0.4) is 0 Å². The molecule has 2 heteroatoms. The lowest BCUT2D eigenvalue weighted by atomic mass is 10.0. The highest BCUT2D eigenvalue weighted by atomic mass is 15.1. The second kappa shape index (κ2) is 5.15. The van der Waals surface area contributed by atoms with Gasteiger partial charge in [0.1, 0.15) is 0 Å². The van der Waals surface area contributed by atoms with Crippen molar-refractivity contribution >= 4 is 27.9 Å². The maximum Gasteiger partial charge on any atom is 0.0715 e. The van der Waals surface area contributed by atoms with Gasteiger partial charge >= 0.3 is 0 Å². The van der Waals surface area contributed by atoms with E-state index in [0.29, 0.717) is 0 Å². The van der Waals surface area contributed by atoms with Gasteiger partial charge in [0.15, 0.2) is 0 Å². The Morgan fingerprint density at radius 3 is 2.14 bits per heavy atom. The Morgan fingerprint density at radius 1 is 0.864 bits per heavy atom. The molecule has 106 valence electrons. The molecule has 0 saturated heterocycles. The Labute approximate surface area is 129 Å². The molecule has 2 aromatic carbocycles. The molecular formula is C20H16N2. The number of para-hydroxylation sites is 2. The molecular weight excluding hydrogens is 268 g/mol. The third kappa shape index (κ3) is 2.09. The van der Waals surface area contributed by atoms with E-state index in [1.54, 1.807) is 0 Å². The summed E-state index contributed by atoms with van der Waals surface area (Å²) >= 11 is 0.